The van der Waals surface area contributed by atoms with Crippen molar-refractivity contribution in [2.24, 2.45) is 0 Å². The van der Waals surface area contributed by atoms with Crippen LogP contribution in [0.3, 0.4) is 0 Å². The fourth-order valence-corrected chi connectivity index (χ4v) is 1.24. The number of rotatable bonds is 2. The molecule has 0 saturated heterocycles. The zero-order valence-electron chi connectivity index (χ0n) is 7.34. The van der Waals surface area contributed by atoms with Gasteiger partial charge in [-0.05, 0) is 19.1 Å². The Morgan fingerprint density at radius 1 is 1.43 bits per heavy atom. The van der Waals surface area contributed by atoms with Crippen molar-refractivity contribution in [2.45, 2.75) is 6.92 Å². The maximum atomic E-state index is 5.73. The van der Waals surface area contributed by atoms with Gasteiger partial charge in [0.15, 0.2) is 0 Å². The highest BCUT2D eigenvalue weighted by molar-refractivity contribution is 6.31. The van der Waals surface area contributed by atoms with Crippen molar-refractivity contribution in [1.82, 2.24) is 9.97 Å². The second-order valence-corrected chi connectivity index (χ2v) is 3.72. The summed E-state index contributed by atoms with van der Waals surface area (Å²) in [4.78, 5) is 8.12. The Labute approximate surface area is 97.2 Å². The molecule has 0 fully saturated rings. The standard InChI is InChI=1S/C9H7Cl3N2/c1-6(11)4-8-7(2-3-10)13-5-9(12)14-8/h2-5H,1H3/b3-2+,6-4+. The minimum Gasteiger partial charge on any atom is -0.251 e. The van der Waals surface area contributed by atoms with Crippen LogP contribution in [0.15, 0.2) is 16.8 Å². The Hall–Kier alpha value is -0.570. The molecule has 0 aliphatic carbocycles. The maximum absolute atomic E-state index is 5.73. The van der Waals surface area contributed by atoms with Crippen LogP contribution in [0.2, 0.25) is 5.15 Å². The van der Waals surface area contributed by atoms with Crippen LogP contribution in [0.5, 0.6) is 0 Å². The molecule has 0 unspecified atom stereocenters. The molecule has 5 heteroatoms. The average Bonchev–Trinajstić information content (AvgIpc) is 2.09. The molecule has 14 heavy (non-hydrogen) atoms. The van der Waals surface area contributed by atoms with E-state index < -0.39 is 0 Å². The maximum Gasteiger partial charge on any atom is 0.148 e. The van der Waals surface area contributed by atoms with Crippen LogP contribution in [0.4, 0.5) is 0 Å². The number of hydrogen-bond donors (Lipinski definition) is 0. The minimum absolute atomic E-state index is 0.320. The number of hydrogen-bond acceptors (Lipinski definition) is 2. The lowest BCUT2D eigenvalue weighted by Crippen LogP contribution is -1.91. The molecular formula is C9H7Cl3N2. The average molecular weight is 250 g/mol. The fraction of sp³-hybridized carbons (Fsp3) is 0.111. The van der Waals surface area contributed by atoms with Crippen LogP contribution in [-0.4, -0.2) is 9.97 Å². The van der Waals surface area contributed by atoms with Crippen LogP contribution < -0.4 is 0 Å². The fourth-order valence-electron chi connectivity index (χ4n) is 0.873. The minimum atomic E-state index is 0.320. The van der Waals surface area contributed by atoms with Gasteiger partial charge in [-0.25, -0.2) is 4.98 Å². The predicted octanol–water partition coefficient (Wildman–Crippen LogP) is 3.94. The van der Waals surface area contributed by atoms with Gasteiger partial charge in [-0.15, -0.1) is 0 Å². The van der Waals surface area contributed by atoms with Crippen LogP contribution in [0.25, 0.3) is 12.2 Å². The quantitative estimate of drug-likeness (QED) is 0.793. The third-order valence-electron chi connectivity index (χ3n) is 1.36. The first-order valence-corrected chi connectivity index (χ1v) is 4.96. The normalized spacial score (nSPS) is 12.4. The predicted molar refractivity (Wildman–Crippen MR) is 61.4 cm³/mol. The van der Waals surface area contributed by atoms with Gasteiger partial charge in [0, 0.05) is 10.6 Å². The Morgan fingerprint density at radius 2 is 2.14 bits per heavy atom. The lowest BCUT2D eigenvalue weighted by Gasteiger charge is -1.99. The van der Waals surface area contributed by atoms with Gasteiger partial charge >= 0.3 is 0 Å². The molecule has 0 spiro atoms. The summed E-state index contributed by atoms with van der Waals surface area (Å²) in [5.41, 5.74) is 2.59. The van der Waals surface area contributed by atoms with E-state index in [1.54, 1.807) is 19.1 Å². The Morgan fingerprint density at radius 3 is 2.71 bits per heavy atom. The lowest BCUT2D eigenvalue weighted by molar-refractivity contribution is 1.16. The van der Waals surface area contributed by atoms with E-state index in [1.165, 1.54) is 11.7 Å². The Bertz CT molecular complexity index is 382. The summed E-state index contributed by atoms with van der Waals surface area (Å²) in [6.45, 7) is 1.75. The van der Waals surface area contributed by atoms with E-state index in [2.05, 4.69) is 9.97 Å². The van der Waals surface area contributed by atoms with Crippen molar-refractivity contribution in [1.29, 1.82) is 0 Å². The largest absolute Gasteiger partial charge is 0.251 e. The Kier molecular flexibility index (Phi) is 4.39. The summed E-state index contributed by atoms with van der Waals surface area (Å²) in [7, 11) is 0. The lowest BCUT2D eigenvalue weighted by atomic mass is 10.3. The van der Waals surface area contributed by atoms with Gasteiger partial charge < -0.3 is 0 Å². The molecule has 0 aliphatic rings. The van der Waals surface area contributed by atoms with Crippen molar-refractivity contribution >= 4 is 47.0 Å². The SMILES string of the molecule is C/C(Cl)=C\c1nc(Cl)cnc1/C=C/Cl. The number of halogens is 3. The molecule has 1 rings (SSSR count). The highest BCUT2D eigenvalue weighted by Gasteiger charge is 2.01. The molecule has 0 N–H and O–H groups in total. The van der Waals surface area contributed by atoms with Crippen LogP contribution in [0, 0.1) is 0 Å². The molecule has 0 aromatic carbocycles. The molecule has 2 nitrogen and oxygen atoms in total. The van der Waals surface area contributed by atoms with Crippen molar-refractivity contribution in [3.63, 3.8) is 0 Å². The second kappa shape index (κ2) is 5.35. The molecule has 0 atom stereocenters. The molecule has 0 aliphatic heterocycles. The van der Waals surface area contributed by atoms with Crippen molar-refractivity contribution in [3.05, 3.63) is 33.3 Å². The summed E-state index contributed by atoms with van der Waals surface area (Å²) in [6.07, 6.45) is 4.75. The first-order chi connectivity index (χ1) is 6.63. The van der Waals surface area contributed by atoms with E-state index in [0.717, 1.165) is 0 Å². The number of allylic oxidation sites excluding steroid dienone is 1. The summed E-state index contributed by atoms with van der Waals surface area (Å²) in [5.74, 6) is 0. The first kappa shape index (κ1) is 11.5. The van der Waals surface area contributed by atoms with E-state index in [-0.39, 0.29) is 0 Å². The third-order valence-corrected chi connectivity index (χ3v) is 1.77. The number of nitrogens with zero attached hydrogens (tertiary/aromatic N) is 2. The molecule has 1 aromatic heterocycles. The van der Waals surface area contributed by atoms with Crippen molar-refractivity contribution < 1.29 is 0 Å². The summed E-state index contributed by atoms with van der Waals surface area (Å²) in [6, 6.07) is 0. The molecule has 0 radical (unpaired) electrons. The monoisotopic (exact) mass is 248 g/mol. The topological polar surface area (TPSA) is 25.8 Å². The van der Waals surface area contributed by atoms with E-state index in [0.29, 0.717) is 21.6 Å². The smallest absolute Gasteiger partial charge is 0.148 e. The van der Waals surface area contributed by atoms with E-state index >= 15 is 0 Å². The van der Waals surface area contributed by atoms with Gasteiger partial charge in [-0.3, -0.25) is 4.98 Å². The van der Waals surface area contributed by atoms with E-state index in [4.69, 9.17) is 34.8 Å². The van der Waals surface area contributed by atoms with Crippen LogP contribution >= 0.6 is 34.8 Å². The molecule has 0 saturated carbocycles. The van der Waals surface area contributed by atoms with E-state index in [1.807, 2.05) is 0 Å². The van der Waals surface area contributed by atoms with Gasteiger partial charge in [-0.2, -0.15) is 0 Å². The molecular weight excluding hydrogens is 242 g/mol. The second-order valence-electron chi connectivity index (χ2n) is 2.49. The first-order valence-electron chi connectivity index (χ1n) is 3.76. The highest BCUT2D eigenvalue weighted by Crippen LogP contribution is 2.15. The molecule has 0 bridgehead atoms. The molecule has 74 valence electrons. The zero-order valence-corrected chi connectivity index (χ0v) is 9.61. The highest BCUT2D eigenvalue weighted by atomic mass is 35.5. The van der Waals surface area contributed by atoms with Crippen molar-refractivity contribution in [2.75, 3.05) is 0 Å². The van der Waals surface area contributed by atoms with Gasteiger partial charge in [0.2, 0.25) is 0 Å². The summed E-state index contributed by atoms with van der Waals surface area (Å²) in [5, 5.41) is 0.923. The third kappa shape index (κ3) is 3.29. The molecule has 1 aromatic rings. The van der Waals surface area contributed by atoms with Gasteiger partial charge in [-0.1, -0.05) is 34.8 Å². The van der Waals surface area contributed by atoms with E-state index in [9.17, 15) is 0 Å². The Balaban J connectivity index is 3.22. The van der Waals surface area contributed by atoms with Crippen LogP contribution in [-0.2, 0) is 0 Å². The zero-order chi connectivity index (χ0) is 10.6. The summed E-state index contributed by atoms with van der Waals surface area (Å²) < 4.78 is 0. The van der Waals surface area contributed by atoms with Crippen LogP contribution in [0.1, 0.15) is 18.3 Å². The number of aromatic nitrogens is 2. The molecule has 1 heterocycles. The van der Waals surface area contributed by atoms with Crippen molar-refractivity contribution in [3.8, 4) is 0 Å². The molecule has 0 amide bonds. The van der Waals surface area contributed by atoms with Gasteiger partial charge in [0.1, 0.15) is 5.15 Å². The van der Waals surface area contributed by atoms with Gasteiger partial charge in [0.05, 0.1) is 17.6 Å². The van der Waals surface area contributed by atoms with Gasteiger partial charge in [0.25, 0.3) is 0 Å². The summed E-state index contributed by atoms with van der Waals surface area (Å²) >= 11 is 16.9.